The number of sulfonamides is 1. The smallest absolute Gasteiger partial charge is 0.269 e. The van der Waals surface area contributed by atoms with Gasteiger partial charge in [-0.1, -0.05) is 0 Å². The van der Waals surface area contributed by atoms with Crippen LogP contribution in [0.2, 0.25) is 0 Å². The van der Waals surface area contributed by atoms with Gasteiger partial charge in [0, 0.05) is 31.2 Å². The van der Waals surface area contributed by atoms with Gasteiger partial charge >= 0.3 is 0 Å². The van der Waals surface area contributed by atoms with Crippen molar-refractivity contribution in [2.75, 3.05) is 26.2 Å². The van der Waals surface area contributed by atoms with Gasteiger partial charge in [0.2, 0.25) is 0 Å². The van der Waals surface area contributed by atoms with Crippen molar-refractivity contribution in [2.45, 2.75) is 31.2 Å². The molecular formula is C16H21N3O4S. The maximum atomic E-state index is 12.7. The fourth-order valence-electron chi connectivity index (χ4n) is 3.12. The monoisotopic (exact) mass is 351 g/mol. The molecule has 2 heterocycles. The lowest BCUT2D eigenvalue weighted by Crippen LogP contribution is -2.36. The number of rotatable bonds is 2. The normalized spacial score (nSPS) is 20.2. The summed E-state index contributed by atoms with van der Waals surface area (Å²) in [5.41, 5.74) is 0.440. The summed E-state index contributed by atoms with van der Waals surface area (Å²) < 4.78 is 26.1. The lowest BCUT2D eigenvalue weighted by atomic mass is 10.1. The van der Waals surface area contributed by atoms with Gasteiger partial charge in [-0.15, -0.1) is 0 Å². The Morgan fingerprint density at radius 3 is 2.67 bits per heavy atom. The lowest BCUT2D eigenvalue weighted by Gasteiger charge is -2.20. The third-order valence-corrected chi connectivity index (χ3v) is 6.29. The number of carbonyl (C=O) groups excluding carboxylic acids is 2. The largest absolute Gasteiger partial charge is 0.337 e. The van der Waals surface area contributed by atoms with Gasteiger partial charge < -0.3 is 10.2 Å². The Bertz CT molecular complexity index is 781. The number of hydrogen-bond donors (Lipinski definition) is 1. The molecule has 1 N–H and O–H groups in total. The van der Waals surface area contributed by atoms with Crippen LogP contribution in [0.1, 0.15) is 41.0 Å². The summed E-state index contributed by atoms with van der Waals surface area (Å²) in [5.74, 6) is -0.731. The van der Waals surface area contributed by atoms with Gasteiger partial charge in [-0.3, -0.25) is 9.59 Å². The molecule has 0 unspecified atom stereocenters. The van der Waals surface area contributed by atoms with Crippen molar-refractivity contribution in [1.82, 2.24) is 14.5 Å². The Morgan fingerprint density at radius 2 is 1.96 bits per heavy atom. The van der Waals surface area contributed by atoms with Crippen molar-refractivity contribution in [3.8, 4) is 0 Å². The summed E-state index contributed by atoms with van der Waals surface area (Å²) >= 11 is 0. The van der Waals surface area contributed by atoms with E-state index in [4.69, 9.17) is 0 Å². The van der Waals surface area contributed by atoms with Gasteiger partial charge in [-0.25, -0.2) is 12.7 Å². The molecule has 8 heteroatoms. The van der Waals surface area contributed by atoms with Gasteiger partial charge in [0.05, 0.1) is 5.56 Å². The van der Waals surface area contributed by atoms with Crippen LogP contribution < -0.4 is 5.32 Å². The number of fused-ring (bicyclic) bond motifs is 1. The molecule has 24 heavy (non-hydrogen) atoms. The van der Waals surface area contributed by atoms with E-state index in [9.17, 15) is 18.0 Å². The van der Waals surface area contributed by atoms with Crippen molar-refractivity contribution >= 4 is 21.8 Å². The predicted octanol–water partition coefficient (Wildman–Crippen LogP) is 0.675. The zero-order valence-corrected chi connectivity index (χ0v) is 14.6. The minimum Gasteiger partial charge on any atom is -0.337 e. The Morgan fingerprint density at radius 1 is 1.21 bits per heavy atom. The first kappa shape index (κ1) is 16.9. The highest BCUT2D eigenvalue weighted by molar-refractivity contribution is 7.90. The van der Waals surface area contributed by atoms with E-state index >= 15 is 0 Å². The fraction of sp³-hybridized carbons (Fsp3) is 0.500. The second-order valence-electron chi connectivity index (χ2n) is 6.31. The molecule has 0 saturated carbocycles. The van der Waals surface area contributed by atoms with E-state index < -0.39 is 22.0 Å². The first-order valence-electron chi connectivity index (χ1n) is 8.07. The second-order valence-corrected chi connectivity index (χ2v) is 8.09. The van der Waals surface area contributed by atoms with Crippen LogP contribution in [0, 0.1) is 0 Å². The van der Waals surface area contributed by atoms with E-state index in [-0.39, 0.29) is 16.4 Å². The van der Waals surface area contributed by atoms with Gasteiger partial charge in [-0.05, 0) is 45.0 Å². The Balaban J connectivity index is 1.97. The molecule has 2 aliphatic rings. The zero-order chi connectivity index (χ0) is 17.5. The van der Waals surface area contributed by atoms with Crippen molar-refractivity contribution < 1.29 is 18.0 Å². The molecule has 2 aliphatic heterocycles. The van der Waals surface area contributed by atoms with E-state index in [0.717, 1.165) is 17.3 Å². The summed E-state index contributed by atoms with van der Waals surface area (Å²) in [6, 6.07) is 3.86. The fourth-order valence-corrected chi connectivity index (χ4v) is 4.92. The number of hydrogen-bond acceptors (Lipinski definition) is 5. The van der Waals surface area contributed by atoms with Crippen LogP contribution in [0.15, 0.2) is 23.1 Å². The molecule has 1 saturated heterocycles. The van der Waals surface area contributed by atoms with Crippen LogP contribution in [0.25, 0.3) is 0 Å². The van der Waals surface area contributed by atoms with Crippen LogP contribution >= 0.6 is 0 Å². The summed E-state index contributed by atoms with van der Waals surface area (Å²) in [6.07, 6.45) is 0.856. The highest BCUT2D eigenvalue weighted by atomic mass is 32.2. The number of nitrogens with zero attached hydrogens (tertiary/aromatic N) is 2. The number of amides is 2. The number of carbonyl (C=O) groups is 2. The maximum absolute atomic E-state index is 12.7. The van der Waals surface area contributed by atoms with Gasteiger partial charge in [0.25, 0.3) is 21.8 Å². The highest BCUT2D eigenvalue weighted by Crippen LogP contribution is 2.32. The average molecular weight is 351 g/mol. The van der Waals surface area contributed by atoms with Crippen LogP contribution in [0.5, 0.6) is 0 Å². The summed E-state index contributed by atoms with van der Waals surface area (Å²) in [7, 11) is -3.89. The molecule has 0 aliphatic carbocycles. The summed E-state index contributed by atoms with van der Waals surface area (Å²) in [6.45, 7) is 6.09. The Hall–Kier alpha value is -1.93. The van der Waals surface area contributed by atoms with E-state index in [1.165, 1.54) is 18.2 Å². The first-order valence-corrected chi connectivity index (χ1v) is 9.51. The second kappa shape index (κ2) is 6.18. The van der Waals surface area contributed by atoms with Crippen molar-refractivity contribution in [3.63, 3.8) is 0 Å². The molecule has 0 atom stereocenters. The van der Waals surface area contributed by atoms with Crippen LogP contribution in [0.4, 0.5) is 0 Å². The number of nitrogens with one attached hydrogen (secondary N) is 1. The molecule has 1 aromatic carbocycles. The Kier molecular flexibility index (Phi) is 4.35. The molecule has 0 bridgehead atoms. The minimum absolute atomic E-state index is 0.0694. The topological polar surface area (TPSA) is 86.8 Å². The summed E-state index contributed by atoms with van der Waals surface area (Å²) in [4.78, 5) is 26.6. The molecule has 2 amide bonds. The van der Waals surface area contributed by atoms with Crippen molar-refractivity contribution in [1.29, 1.82) is 0 Å². The predicted molar refractivity (Wildman–Crippen MR) is 88.3 cm³/mol. The molecule has 1 aromatic rings. The van der Waals surface area contributed by atoms with Crippen molar-refractivity contribution in [3.05, 3.63) is 29.3 Å². The third-order valence-electron chi connectivity index (χ3n) is 4.29. The molecule has 0 radical (unpaired) electrons. The van der Waals surface area contributed by atoms with Crippen LogP contribution in [0.3, 0.4) is 0 Å². The van der Waals surface area contributed by atoms with Gasteiger partial charge in [-0.2, -0.15) is 0 Å². The highest BCUT2D eigenvalue weighted by Gasteiger charge is 2.43. The van der Waals surface area contributed by atoms with Crippen molar-refractivity contribution in [2.24, 2.45) is 0 Å². The van der Waals surface area contributed by atoms with E-state index in [2.05, 4.69) is 5.32 Å². The molecule has 1 fully saturated rings. The maximum Gasteiger partial charge on any atom is 0.269 e. The van der Waals surface area contributed by atoms with Gasteiger partial charge in [0.15, 0.2) is 0 Å². The first-order chi connectivity index (χ1) is 11.3. The van der Waals surface area contributed by atoms with Gasteiger partial charge in [0.1, 0.15) is 4.90 Å². The SMILES string of the molecule is CC(C)N1C(=O)c2ccc(C(=O)N3CCCNCC3)cc2S1(=O)=O. The molecule has 3 rings (SSSR count). The third kappa shape index (κ3) is 2.69. The number of benzene rings is 1. The molecule has 0 spiro atoms. The van der Waals surface area contributed by atoms with Crippen LogP contribution in [-0.4, -0.2) is 61.7 Å². The lowest BCUT2D eigenvalue weighted by molar-refractivity contribution is 0.0764. The molecule has 7 nitrogen and oxygen atoms in total. The quantitative estimate of drug-likeness (QED) is 0.846. The summed E-state index contributed by atoms with van der Waals surface area (Å²) in [5, 5.41) is 3.22. The molecule has 130 valence electrons. The average Bonchev–Trinajstić information content (AvgIpc) is 2.73. The molecule has 0 aromatic heterocycles. The van der Waals surface area contributed by atoms with E-state index in [1.54, 1.807) is 18.7 Å². The minimum atomic E-state index is -3.89. The zero-order valence-electron chi connectivity index (χ0n) is 13.8. The van der Waals surface area contributed by atoms with E-state index in [1.807, 2.05) is 0 Å². The molecular weight excluding hydrogens is 330 g/mol. The van der Waals surface area contributed by atoms with Crippen LogP contribution in [-0.2, 0) is 10.0 Å². The van der Waals surface area contributed by atoms with E-state index in [0.29, 0.717) is 25.2 Å². The standard InChI is InChI=1S/C16H21N3O4S/c1-11(2)19-16(21)13-5-4-12(10-14(13)24(19,22)23)15(20)18-8-3-6-17-7-9-18/h4-5,10-11,17H,3,6-9H2,1-2H3. The Labute approximate surface area is 141 Å².